The number of aromatic hydroxyl groups is 1. The number of ether oxygens (including phenoxy) is 3. The molecule has 0 heterocycles. The zero-order valence-electron chi connectivity index (χ0n) is 12.8. The molecule has 0 aliphatic carbocycles. The number of carbonyl (C=O) groups excluding carboxylic acids is 1. The summed E-state index contributed by atoms with van der Waals surface area (Å²) in [4.78, 5) is 11.5. The van der Waals surface area contributed by atoms with Crippen LogP contribution in [0.15, 0.2) is 48.5 Å². The minimum Gasteiger partial charge on any atom is -0.508 e. The first-order valence-electron chi connectivity index (χ1n) is 7.13. The molecule has 0 saturated heterocycles. The number of methoxy groups -OCH3 is 1. The third-order valence-corrected chi connectivity index (χ3v) is 2.99. The predicted octanol–water partition coefficient (Wildman–Crippen LogP) is 2.71. The second-order valence-corrected chi connectivity index (χ2v) is 4.67. The Morgan fingerprint density at radius 1 is 1.13 bits per heavy atom. The van der Waals surface area contributed by atoms with Gasteiger partial charge in [0.15, 0.2) is 11.5 Å². The summed E-state index contributed by atoms with van der Waals surface area (Å²) in [6.45, 7) is 0.762. The number of carbonyl (C=O) groups is 1. The van der Waals surface area contributed by atoms with Gasteiger partial charge in [0.1, 0.15) is 19.0 Å². The quantitative estimate of drug-likeness (QED) is 0.768. The van der Waals surface area contributed by atoms with E-state index < -0.39 is 6.09 Å². The third-order valence-electron chi connectivity index (χ3n) is 2.99. The lowest BCUT2D eigenvalue weighted by molar-refractivity contribution is 0.137. The Labute approximate surface area is 134 Å². The fourth-order valence-electron chi connectivity index (χ4n) is 1.86. The van der Waals surface area contributed by atoms with Crippen LogP contribution in [0, 0.1) is 0 Å². The van der Waals surface area contributed by atoms with Crippen LogP contribution < -0.4 is 14.8 Å². The highest BCUT2D eigenvalue weighted by molar-refractivity contribution is 5.67. The topological polar surface area (TPSA) is 77.0 Å². The molecule has 23 heavy (non-hydrogen) atoms. The van der Waals surface area contributed by atoms with Crippen LogP contribution >= 0.6 is 0 Å². The van der Waals surface area contributed by atoms with Crippen molar-refractivity contribution in [2.24, 2.45) is 0 Å². The molecule has 0 unspecified atom stereocenters. The number of alkyl carbamates (subject to hydrolysis) is 1. The van der Waals surface area contributed by atoms with Gasteiger partial charge in [-0.05, 0) is 17.7 Å². The summed E-state index contributed by atoms with van der Waals surface area (Å²) in [6, 6.07) is 14.0. The van der Waals surface area contributed by atoms with Crippen LogP contribution in [0.5, 0.6) is 17.2 Å². The van der Waals surface area contributed by atoms with E-state index in [-0.39, 0.29) is 25.5 Å². The monoisotopic (exact) mass is 317 g/mol. The van der Waals surface area contributed by atoms with Crippen LogP contribution in [0.4, 0.5) is 4.79 Å². The van der Waals surface area contributed by atoms with Gasteiger partial charge in [0.25, 0.3) is 0 Å². The zero-order chi connectivity index (χ0) is 16.5. The zero-order valence-corrected chi connectivity index (χ0v) is 12.8. The minimum absolute atomic E-state index is 0.0943. The average molecular weight is 317 g/mol. The van der Waals surface area contributed by atoms with Gasteiger partial charge in [0.05, 0.1) is 13.7 Å². The van der Waals surface area contributed by atoms with Crippen LogP contribution in [0.2, 0.25) is 0 Å². The fourth-order valence-corrected chi connectivity index (χ4v) is 1.86. The Morgan fingerprint density at radius 2 is 1.91 bits per heavy atom. The first-order valence-corrected chi connectivity index (χ1v) is 7.13. The third kappa shape index (κ3) is 5.43. The van der Waals surface area contributed by atoms with Gasteiger partial charge in [-0.3, -0.25) is 0 Å². The summed E-state index contributed by atoms with van der Waals surface area (Å²) in [5, 5.41) is 12.0. The molecule has 0 radical (unpaired) electrons. The maximum atomic E-state index is 11.5. The number of hydrogen-bond acceptors (Lipinski definition) is 5. The Bertz CT molecular complexity index is 630. The highest BCUT2D eigenvalue weighted by Crippen LogP contribution is 2.30. The van der Waals surface area contributed by atoms with Gasteiger partial charge in [-0.15, -0.1) is 0 Å². The maximum Gasteiger partial charge on any atom is 0.407 e. The molecule has 0 fully saturated rings. The maximum absolute atomic E-state index is 11.5. The van der Waals surface area contributed by atoms with Gasteiger partial charge in [-0.1, -0.05) is 30.3 Å². The average Bonchev–Trinajstić information content (AvgIpc) is 2.58. The number of benzene rings is 2. The van der Waals surface area contributed by atoms with Crippen molar-refractivity contribution in [2.75, 3.05) is 20.3 Å². The molecule has 0 atom stereocenters. The number of nitrogens with one attached hydrogen (secondary N) is 1. The van der Waals surface area contributed by atoms with E-state index >= 15 is 0 Å². The molecule has 0 spiro atoms. The second-order valence-electron chi connectivity index (χ2n) is 4.67. The number of amides is 1. The lowest BCUT2D eigenvalue weighted by Crippen LogP contribution is -2.28. The van der Waals surface area contributed by atoms with E-state index in [9.17, 15) is 9.90 Å². The first-order chi connectivity index (χ1) is 11.2. The Balaban J connectivity index is 1.68. The van der Waals surface area contributed by atoms with Gasteiger partial charge < -0.3 is 24.6 Å². The van der Waals surface area contributed by atoms with Crippen molar-refractivity contribution in [3.63, 3.8) is 0 Å². The molecule has 1 amide bonds. The molecule has 6 nitrogen and oxygen atoms in total. The lowest BCUT2D eigenvalue weighted by atomic mass is 10.2. The molecule has 6 heteroatoms. The molecule has 2 N–H and O–H groups in total. The molecular formula is C17H19NO5. The molecule has 122 valence electrons. The van der Waals surface area contributed by atoms with Gasteiger partial charge >= 0.3 is 6.09 Å². The van der Waals surface area contributed by atoms with E-state index in [0.717, 1.165) is 5.56 Å². The molecule has 0 bridgehead atoms. The predicted molar refractivity (Wildman–Crippen MR) is 84.8 cm³/mol. The molecule has 2 rings (SSSR count). The largest absolute Gasteiger partial charge is 0.508 e. The van der Waals surface area contributed by atoms with Gasteiger partial charge in [0, 0.05) is 6.07 Å². The van der Waals surface area contributed by atoms with Crippen LogP contribution in [0.25, 0.3) is 0 Å². The van der Waals surface area contributed by atoms with E-state index in [1.54, 1.807) is 6.07 Å². The SMILES string of the molecule is COc1cc(O)ccc1OCCNC(=O)OCc1ccccc1. The van der Waals surface area contributed by atoms with Crippen molar-refractivity contribution < 1.29 is 24.1 Å². The highest BCUT2D eigenvalue weighted by atomic mass is 16.5. The number of rotatable bonds is 7. The molecule has 0 aromatic heterocycles. The van der Waals surface area contributed by atoms with Crippen LogP contribution in [0.1, 0.15) is 5.56 Å². The summed E-state index contributed by atoms with van der Waals surface area (Å²) >= 11 is 0. The number of hydrogen-bond donors (Lipinski definition) is 2. The van der Waals surface area contributed by atoms with Crippen molar-refractivity contribution in [3.05, 3.63) is 54.1 Å². The summed E-state index contributed by atoms with van der Waals surface area (Å²) in [7, 11) is 1.49. The van der Waals surface area contributed by atoms with Crippen molar-refractivity contribution >= 4 is 6.09 Å². The van der Waals surface area contributed by atoms with E-state index in [0.29, 0.717) is 11.5 Å². The second kappa shape index (κ2) is 8.53. The van der Waals surface area contributed by atoms with Crippen LogP contribution in [0.3, 0.4) is 0 Å². The van der Waals surface area contributed by atoms with Gasteiger partial charge in [-0.25, -0.2) is 4.79 Å². The fraction of sp³-hybridized carbons (Fsp3) is 0.235. The Hall–Kier alpha value is -2.89. The normalized spacial score (nSPS) is 9.96. The summed E-state index contributed by atoms with van der Waals surface area (Å²) < 4.78 is 15.7. The molecule has 2 aromatic rings. The van der Waals surface area contributed by atoms with Crippen LogP contribution in [-0.2, 0) is 11.3 Å². The van der Waals surface area contributed by atoms with E-state index in [1.807, 2.05) is 30.3 Å². The molecule has 0 aliphatic rings. The van der Waals surface area contributed by atoms with Crippen LogP contribution in [-0.4, -0.2) is 31.5 Å². The van der Waals surface area contributed by atoms with Crippen molar-refractivity contribution in [1.29, 1.82) is 0 Å². The summed E-state index contributed by atoms with van der Waals surface area (Å²) in [5.41, 5.74) is 0.924. The van der Waals surface area contributed by atoms with E-state index in [2.05, 4.69) is 5.32 Å². The molecule has 0 aliphatic heterocycles. The summed E-state index contributed by atoms with van der Waals surface area (Å²) in [6.07, 6.45) is -0.505. The van der Waals surface area contributed by atoms with Gasteiger partial charge in [0.2, 0.25) is 0 Å². The molecule has 0 saturated carbocycles. The standard InChI is InChI=1S/C17H19NO5/c1-21-16-11-14(19)7-8-15(16)22-10-9-18-17(20)23-12-13-5-3-2-4-6-13/h2-8,11,19H,9-10,12H2,1H3,(H,18,20). The molecular weight excluding hydrogens is 298 g/mol. The number of phenols is 1. The van der Waals surface area contributed by atoms with E-state index in [4.69, 9.17) is 14.2 Å². The lowest BCUT2D eigenvalue weighted by Gasteiger charge is -2.11. The highest BCUT2D eigenvalue weighted by Gasteiger charge is 2.06. The summed E-state index contributed by atoms with van der Waals surface area (Å²) in [5.74, 6) is 1.01. The molecule has 2 aromatic carbocycles. The van der Waals surface area contributed by atoms with Gasteiger partial charge in [-0.2, -0.15) is 0 Å². The van der Waals surface area contributed by atoms with Crippen molar-refractivity contribution in [3.8, 4) is 17.2 Å². The Kier molecular flexibility index (Phi) is 6.11. The van der Waals surface area contributed by atoms with E-state index in [1.165, 1.54) is 19.2 Å². The minimum atomic E-state index is -0.505. The van der Waals surface area contributed by atoms with Crippen molar-refractivity contribution in [2.45, 2.75) is 6.61 Å². The first kappa shape index (κ1) is 16.5. The smallest absolute Gasteiger partial charge is 0.407 e. The number of phenolic OH excluding ortho intramolecular Hbond substituents is 1. The van der Waals surface area contributed by atoms with Crippen molar-refractivity contribution in [1.82, 2.24) is 5.32 Å². The Morgan fingerprint density at radius 3 is 2.65 bits per heavy atom.